The highest BCUT2D eigenvalue weighted by Crippen LogP contribution is 2.38. The molecule has 112 valence electrons. The Kier molecular flexibility index (Phi) is 4.88. The minimum absolute atomic E-state index is 0.276. The number of hydrogen-bond donors (Lipinski definition) is 1. The van der Waals surface area contributed by atoms with Gasteiger partial charge in [-0.15, -0.1) is 5.10 Å². The molecule has 20 heavy (non-hydrogen) atoms. The molecule has 1 aromatic heterocycles. The molecule has 5 nitrogen and oxygen atoms in total. The summed E-state index contributed by atoms with van der Waals surface area (Å²) in [6, 6.07) is 0.508. The fourth-order valence-electron chi connectivity index (χ4n) is 3.03. The SMILES string of the molecule is SCC1(CSc2nnnn2C2CCCC2)CCOCC1. The molecular formula is C13H22N4OS2. The van der Waals surface area contributed by atoms with E-state index in [2.05, 4.69) is 28.2 Å². The van der Waals surface area contributed by atoms with E-state index in [1.807, 2.05) is 4.68 Å². The molecular weight excluding hydrogens is 292 g/mol. The Morgan fingerprint density at radius 1 is 1.30 bits per heavy atom. The molecule has 1 saturated carbocycles. The molecule has 1 aliphatic carbocycles. The Morgan fingerprint density at radius 3 is 2.75 bits per heavy atom. The molecule has 7 heteroatoms. The summed E-state index contributed by atoms with van der Waals surface area (Å²) in [5.41, 5.74) is 0.276. The van der Waals surface area contributed by atoms with Crippen molar-refractivity contribution in [2.75, 3.05) is 24.7 Å². The van der Waals surface area contributed by atoms with Crippen LogP contribution in [0.1, 0.15) is 44.6 Å². The largest absolute Gasteiger partial charge is 0.381 e. The first-order valence-corrected chi connectivity index (χ1v) is 9.04. The van der Waals surface area contributed by atoms with Crippen LogP contribution in [-0.2, 0) is 4.74 Å². The van der Waals surface area contributed by atoms with Gasteiger partial charge in [0, 0.05) is 19.0 Å². The summed E-state index contributed by atoms with van der Waals surface area (Å²) in [5, 5.41) is 13.3. The van der Waals surface area contributed by atoms with Crippen LogP contribution < -0.4 is 0 Å². The molecule has 1 aliphatic heterocycles. The smallest absolute Gasteiger partial charge is 0.209 e. The van der Waals surface area contributed by atoms with Crippen molar-refractivity contribution in [1.82, 2.24) is 20.2 Å². The van der Waals surface area contributed by atoms with Crippen molar-refractivity contribution in [1.29, 1.82) is 0 Å². The minimum Gasteiger partial charge on any atom is -0.381 e. The van der Waals surface area contributed by atoms with Gasteiger partial charge < -0.3 is 4.74 Å². The van der Waals surface area contributed by atoms with Crippen molar-refractivity contribution in [3.05, 3.63) is 0 Å². The number of hydrogen-bond acceptors (Lipinski definition) is 6. The number of tetrazole rings is 1. The monoisotopic (exact) mass is 314 g/mol. The first kappa shape index (κ1) is 14.7. The predicted octanol–water partition coefficient (Wildman–Crippen LogP) is 2.61. The topological polar surface area (TPSA) is 52.8 Å². The van der Waals surface area contributed by atoms with Gasteiger partial charge in [-0.1, -0.05) is 24.6 Å². The van der Waals surface area contributed by atoms with Crippen molar-refractivity contribution in [2.24, 2.45) is 5.41 Å². The van der Waals surface area contributed by atoms with Crippen molar-refractivity contribution < 1.29 is 4.74 Å². The average Bonchev–Trinajstić information content (AvgIpc) is 3.16. The molecule has 0 radical (unpaired) electrons. The van der Waals surface area contributed by atoms with E-state index in [1.165, 1.54) is 25.7 Å². The number of aromatic nitrogens is 4. The first-order valence-electron chi connectivity index (χ1n) is 7.42. The summed E-state index contributed by atoms with van der Waals surface area (Å²) in [5.74, 6) is 1.95. The van der Waals surface area contributed by atoms with Crippen molar-refractivity contribution in [2.45, 2.75) is 49.7 Å². The number of rotatable bonds is 5. The fourth-order valence-corrected chi connectivity index (χ4v) is 4.85. The third kappa shape index (κ3) is 3.14. The molecule has 0 aromatic carbocycles. The van der Waals surface area contributed by atoms with Gasteiger partial charge in [0.05, 0.1) is 6.04 Å². The third-order valence-electron chi connectivity index (χ3n) is 4.53. The predicted molar refractivity (Wildman–Crippen MR) is 82.4 cm³/mol. The zero-order valence-electron chi connectivity index (χ0n) is 11.7. The van der Waals surface area contributed by atoms with Crippen LogP contribution in [0.2, 0.25) is 0 Å². The van der Waals surface area contributed by atoms with Gasteiger partial charge in [0.25, 0.3) is 0 Å². The summed E-state index contributed by atoms with van der Waals surface area (Å²) in [7, 11) is 0. The van der Waals surface area contributed by atoms with Gasteiger partial charge in [-0.3, -0.25) is 0 Å². The number of nitrogens with zero attached hydrogens (tertiary/aromatic N) is 4. The van der Waals surface area contributed by atoms with Gasteiger partial charge >= 0.3 is 0 Å². The molecule has 1 aromatic rings. The summed E-state index contributed by atoms with van der Waals surface area (Å²) in [6.45, 7) is 1.71. The Hall–Kier alpha value is -0.270. The summed E-state index contributed by atoms with van der Waals surface area (Å²) < 4.78 is 7.52. The van der Waals surface area contributed by atoms with E-state index < -0.39 is 0 Å². The fraction of sp³-hybridized carbons (Fsp3) is 0.923. The van der Waals surface area contributed by atoms with Crippen molar-refractivity contribution >= 4 is 24.4 Å². The molecule has 3 rings (SSSR count). The van der Waals surface area contributed by atoms with Crippen LogP contribution in [0.25, 0.3) is 0 Å². The molecule has 0 bridgehead atoms. The summed E-state index contributed by atoms with van der Waals surface area (Å²) >= 11 is 6.36. The van der Waals surface area contributed by atoms with Crippen LogP contribution in [0.15, 0.2) is 5.16 Å². The molecule has 0 N–H and O–H groups in total. The third-order valence-corrected chi connectivity index (χ3v) is 6.48. The lowest BCUT2D eigenvalue weighted by atomic mass is 9.84. The van der Waals surface area contributed by atoms with E-state index >= 15 is 0 Å². The van der Waals surface area contributed by atoms with Crippen molar-refractivity contribution in [3.63, 3.8) is 0 Å². The van der Waals surface area contributed by atoms with Crippen LogP contribution in [0, 0.1) is 5.41 Å². The van der Waals surface area contributed by atoms with Crippen LogP contribution in [0.3, 0.4) is 0 Å². The van der Waals surface area contributed by atoms with Gasteiger partial charge in [-0.05, 0) is 47.3 Å². The second kappa shape index (κ2) is 6.66. The van der Waals surface area contributed by atoms with E-state index in [9.17, 15) is 0 Å². The Labute approximate surface area is 129 Å². The van der Waals surface area contributed by atoms with Crippen LogP contribution >= 0.6 is 24.4 Å². The molecule has 0 amide bonds. The number of thiol groups is 1. The maximum atomic E-state index is 5.48. The zero-order valence-corrected chi connectivity index (χ0v) is 13.4. The molecule has 0 unspecified atom stereocenters. The van der Waals surface area contributed by atoms with E-state index in [0.717, 1.165) is 42.7 Å². The normalized spacial score (nSPS) is 23.2. The van der Waals surface area contributed by atoms with E-state index in [-0.39, 0.29) is 5.41 Å². The lowest BCUT2D eigenvalue weighted by molar-refractivity contribution is 0.0370. The quantitative estimate of drug-likeness (QED) is 0.669. The molecule has 0 spiro atoms. The molecule has 0 atom stereocenters. The Balaban J connectivity index is 1.64. The zero-order chi connectivity index (χ0) is 13.8. The highest BCUT2D eigenvalue weighted by molar-refractivity contribution is 7.99. The molecule has 2 heterocycles. The second-order valence-electron chi connectivity index (χ2n) is 5.90. The molecule has 1 saturated heterocycles. The lowest BCUT2D eigenvalue weighted by Crippen LogP contribution is -2.33. The number of thioether (sulfide) groups is 1. The standard InChI is InChI=1S/C13H22N4OS2/c19-9-13(5-7-18-8-6-13)10-20-12-14-15-16-17(12)11-3-1-2-4-11/h11,19H,1-10H2. The highest BCUT2D eigenvalue weighted by Gasteiger charge is 2.32. The summed E-state index contributed by atoms with van der Waals surface area (Å²) in [6.07, 6.45) is 7.20. The van der Waals surface area contributed by atoms with Crippen LogP contribution in [-0.4, -0.2) is 44.9 Å². The lowest BCUT2D eigenvalue weighted by Gasteiger charge is -2.35. The van der Waals surface area contributed by atoms with Gasteiger partial charge in [-0.25, -0.2) is 4.68 Å². The summed E-state index contributed by atoms with van der Waals surface area (Å²) in [4.78, 5) is 0. The van der Waals surface area contributed by atoms with E-state index in [4.69, 9.17) is 4.74 Å². The maximum absolute atomic E-state index is 5.48. The Morgan fingerprint density at radius 2 is 2.05 bits per heavy atom. The van der Waals surface area contributed by atoms with Crippen LogP contribution in [0.4, 0.5) is 0 Å². The molecule has 2 aliphatic rings. The minimum atomic E-state index is 0.276. The first-order chi connectivity index (χ1) is 9.83. The Bertz CT molecular complexity index is 428. The van der Waals surface area contributed by atoms with Gasteiger partial charge in [-0.2, -0.15) is 12.6 Å². The highest BCUT2D eigenvalue weighted by atomic mass is 32.2. The van der Waals surface area contributed by atoms with Gasteiger partial charge in [0.15, 0.2) is 0 Å². The maximum Gasteiger partial charge on any atom is 0.209 e. The van der Waals surface area contributed by atoms with E-state index in [1.54, 1.807) is 11.8 Å². The average molecular weight is 314 g/mol. The van der Waals surface area contributed by atoms with Crippen LogP contribution in [0.5, 0.6) is 0 Å². The number of ether oxygens (including phenoxy) is 1. The van der Waals surface area contributed by atoms with E-state index in [0.29, 0.717) is 6.04 Å². The second-order valence-corrected chi connectivity index (χ2v) is 7.16. The van der Waals surface area contributed by atoms with Gasteiger partial charge in [0.2, 0.25) is 5.16 Å². The molecule has 2 fully saturated rings. The van der Waals surface area contributed by atoms with Crippen molar-refractivity contribution in [3.8, 4) is 0 Å². The van der Waals surface area contributed by atoms with Gasteiger partial charge in [0.1, 0.15) is 0 Å².